The summed E-state index contributed by atoms with van der Waals surface area (Å²) in [6, 6.07) is 13.4. The highest BCUT2D eigenvalue weighted by molar-refractivity contribution is 5.93. The molecule has 0 fully saturated rings. The molecule has 2 aromatic heterocycles. The second kappa shape index (κ2) is 6.62. The van der Waals surface area contributed by atoms with Crippen LogP contribution in [-0.2, 0) is 0 Å². The number of carbonyl (C=O) groups is 1. The molecule has 0 saturated carbocycles. The average Bonchev–Trinajstić information content (AvgIpc) is 3.05. The van der Waals surface area contributed by atoms with Crippen molar-refractivity contribution in [1.82, 2.24) is 19.6 Å². The Morgan fingerprint density at radius 1 is 1.12 bits per heavy atom. The minimum absolute atomic E-state index is 0.0923. The predicted octanol–water partition coefficient (Wildman–Crippen LogP) is 2.37. The summed E-state index contributed by atoms with van der Waals surface area (Å²) in [4.78, 5) is 17.2. The fraction of sp³-hybridized carbons (Fsp3) is 0.222. The molecule has 3 aromatic rings. The molecule has 0 aliphatic rings. The standard InChI is InChI=1S/C18H19N5O/c1-13(2)19-17-6-4-5-11-22(17)18(24)16-12-23(21-20-16)15-9-7-14(3)8-10-15/h4-13H,1-3H3. The van der Waals surface area contributed by atoms with E-state index in [1.807, 2.05) is 57.2 Å². The number of hydrogen-bond acceptors (Lipinski definition) is 4. The van der Waals surface area contributed by atoms with Crippen LogP contribution in [0.3, 0.4) is 0 Å². The first-order chi connectivity index (χ1) is 11.5. The quantitative estimate of drug-likeness (QED) is 0.744. The van der Waals surface area contributed by atoms with E-state index in [0.717, 1.165) is 11.3 Å². The van der Waals surface area contributed by atoms with Gasteiger partial charge in [-0.1, -0.05) is 29.0 Å². The van der Waals surface area contributed by atoms with Gasteiger partial charge < -0.3 is 0 Å². The third-order valence-corrected chi connectivity index (χ3v) is 3.46. The molecule has 3 rings (SSSR count). The molecule has 0 saturated heterocycles. The van der Waals surface area contributed by atoms with E-state index in [1.54, 1.807) is 23.1 Å². The van der Waals surface area contributed by atoms with Gasteiger partial charge in [-0.05, 0) is 45.0 Å². The van der Waals surface area contributed by atoms with Gasteiger partial charge in [-0.3, -0.25) is 14.4 Å². The molecule has 0 atom stereocenters. The van der Waals surface area contributed by atoms with Crippen LogP contribution in [0, 0.1) is 6.92 Å². The molecule has 24 heavy (non-hydrogen) atoms. The van der Waals surface area contributed by atoms with Crippen LogP contribution in [0.25, 0.3) is 5.69 Å². The van der Waals surface area contributed by atoms with Gasteiger partial charge in [0.1, 0.15) is 5.49 Å². The third-order valence-electron chi connectivity index (χ3n) is 3.46. The van der Waals surface area contributed by atoms with Crippen molar-refractivity contribution in [3.63, 3.8) is 0 Å². The zero-order valence-corrected chi connectivity index (χ0v) is 13.9. The Labute approximate surface area is 140 Å². The lowest BCUT2D eigenvalue weighted by Gasteiger charge is -2.04. The van der Waals surface area contributed by atoms with Crippen molar-refractivity contribution in [3.05, 3.63) is 71.6 Å². The van der Waals surface area contributed by atoms with Crippen molar-refractivity contribution < 1.29 is 4.79 Å². The topological polar surface area (TPSA) is 65.1 Å². The summed E-state index contributed by atoms with van der Waals surface area (Å²) in [5.74, 6) is -0.256. The molecule has 0 aliphatic carbocycles. The van der Waals surface area contributed by atoms with Gasteiger partial charge >= 0.3 is 0 Å². The predicted molar refractivity (Wildman–Crippen MR) is 91.0 cm³/mol. The Kier molecular flexibility index (Phi) is 4.37. The smallest absolute Gasteiger partial charge is 0.266 e. The van der Waals surface area contributed by atoms with Crippen molar-refractivity contribution >= 4 is 5.91 Å². The average molecular weight is 321 g/mol. The van der Waals surface area contributed by atoms with E-state index in [2.05, 4.69) is 15.3 Å². The number of rotatable bonds is 3. The summed E-state index contributed by atoms with van der Waals surface area (Å²) >= 11 is 0. The molecule has 2 heterocycles. The van der Waals surface area contributed by atoms with E-state index < -0.39 is 0 Å². The molecule has 0 bridgehead atoms. The zero-order chi connectivity index (χ0) is 17.1. The van der Waals surface area contributed by atoms with Crippen LogP contribution >= 0.6 is 0 Å². The first-order valence-corrected chi connectivity index (χ1v) is 7.80. The lowest BCUT2D eigenvalue weighted by Crippen LogP contribution is -2.28. The lowest BCUT2D eigenvalue weighted by molar-refractivity contribution is 0.0949. The SMILES string of the molecule is Cc1ccc(-n2cc(C(=O)n3ccccc3=NC(C)C)nn2)cc1. The normalized spacial score (nSPS) is 11.9. The summed E-state index contributed by atoms with van der Waals surface area (Å²) in [5.41, 5.74) is 2.89. The minimum Gasteiger partial charge on any atom is -0.266 e. The molecule has 6 heteroatoms. The first-order valence-electron chi connectivity index (χ1n) is 7.80. The number of aryl methyl sites for hydroxylation is 1. The van der Waals surface area contributed by atoms with Crippen LogP contribution in [0.2, 0.25) is 0 Å². The molecule has 0 unspecified atom stereocenters. The number of aromatic nitrogens is 4. The van der Waals surface area contributed by atoms with Crippen LogP contribution < -0.4 is 5.49 Å². The van der Waals surface area contributed by atoms with Crippen LogP contribution in [0.1, 0.15) is 29.9 Å². The second-order valence-electron chi connectivity index (χ2n) is 5.84. The summed E-state index contributed by atoms with van der Waals surface area (Å²) in [7, 11) is 0. The molecule has 1 aromatic carbocycles. The number of benzene rings is 1. The Balaban J connectivity index is 1.97. The minimum atomic E-state index is -0.256. The Morgan fingerprint density at radius 2 is 1.88 bits per heavy atom. The molecule has 0 spiro atoms. The molecular weight excluding hydrogens is 302 g/mol. The van der Waals surface area contributed by atoms with Gasteiger partial charge in [0.25, 0.3) is 5.91 Å². The Bertz CT molecular complexity index is 919. The van der Waals surface area contributed by atoms with Gasteiger partial charge in [0, 0.05) is 12.2 Å². The number of pyridine rings is 1. The maximum atomic E-state index is 12.7. The highest BCUT2D eigenvalue weighted by Crippen LogP contribution is 2.09. The molecule has 0 amide bonds. The highest BCUT2D eigenvalue weighted by atomic mass is 16.2. The molecular formula is C18H19N5O. The lowest BCUT2D eigenvalue weighted by atomic mass is 10.2. The summed E-state index contributed by atoms with van der Waals surface area (Å²) in [5, 5.41) is 8.07. The number of hydrogen-bond donors (Lipinski definition) is 0. The maximum absolute atomic E-state index is 12.7. The monoisotopic (exact) mass is 321 g/mol. The van der Waals surface area contributed by atoms with E-state index in [4.69, 9.17) is 0 Å². The van der Waals surface area contributed by atoms with Crippen LogP contribution in [-0.4, -0.2) is 31.5 Å². The zero-order valence-electron chi connectivity index (χ0n) is 13.9. The van der Waals surface area contributed by atoms with E-state index in [1.165, 1.54) is 4.57 Å². The van der Waals surface area contributed by atoms with Gasteiger partial charge in [0.05, 0.1) is 11.9 Å². The van der Waals surface area contributed by atoms with Crippen LogP contribution in [0.4, 0.5) is 0 Å². The fourth-order valence-electron chi connectivity index (χ4n) is 2.28. The van der Waals surface area contributed by atoms with E-state index in [-0.39, 0.29) is 17.6 Å². The van der Waals surface area contributed by atoms with Gasteiger partial charge in [0.15, 0.2) is 5.69 Å². The summed E-state index contributed by atoms with van der Waals surface area (Å²) in [6.45, 7) is 5.96. The molecule has 0 aliphatic heterocycles. The largest absolute Gasteiger partial charge is 0.285 e. The van der Waals surface area contributed by atoms with Crippen molar-refractivity contribution in [3.8, 4) is 5.69 Å². The van der Waals surface area contributed by atoms with Gasteiger partial charge in [0.2, 0.25) is 0 Å². The highest BCUT2D eigenvalue weighted by Gasteiger charge is 2.14. The van der Waals surface area contributed by atoms with Gasteiger partial charge in [-0.25, -0.2) is 4.68 Å². The van der Waals surface area contributed by atoms with Crippen molar-refractivity contribution in [2.75, 3.05) is 0 Å². The molecule has 122 valence electrons. The Morgan fingerprint density at radius 3 is 2.58 bits per heavy atom. The van der Waals surface area contributed by atoms with Gasteiger partial charge in [-0.15, -0.1) is 5.10 Å². The molecule has 6 nitrogen and oxygen atoms in total. The first kappa shape index (κ1) is 15.9. The van der Waals surface area contributed by atoms with Gasteiger partial charge in [-0.2, -0.15) is 0 Å². The van der Waals surface area contributed by atoms with E-state index in [9.17, 15) is 4.79 Å². The second-order valence-corrected chi connectivity index (χ2v) is 5.84. The van der Waals surface area contributed by atoms with Crippen LogP contribution in [0.15, 0.2) is 59.9 Å². The van der Waals surface area contributed by atoms with E-state index >= 15 is 0 Å². The number of nitrogens with zero attached hydrogens (tertiary/aromatic N) is 5. The number of carbonyl (C=O) groups excluding carboxylic acids is 1. The van der Waals surface area contributed by atoms with Crippen molar-refractivity contribution in [1.29, 1.82) is 0 Å². The maximum Gasteiger partial charge on any atom is 0.285 e. The Hall–Kier alpha value is -3.02. The third kappa shape index (κ3) is 3.32. The fourth-order valence-corrected chi connectivity index (χ4v) is 2.28. The summed E-state index contributed by atoms with van der Waals surface area (Å²) < 4.78 is 3.08. The van der Waals surface area contributed by atoms with Crippen molar-refractivity contribution in [2.45, 2.75) is 26.8 Å². The van der Waals surface area contributed by atoms with Crippen molar-refractivity contribution in [2.24, 2.45) is 4.99 Å². The summed E-state index contributed by atoms with van der Waals surface area (Å²) in [6.07, 6.45) is 3.32. The molecule has 0 radical (unpaired) electrons. The molecule has 0 N–H and O–H groups in total. The van der Waals surface area contributed by atoms with Crippen LogP contribution in [0.5, 0.6) is 0 Å². The van der Waals surface area contributed by atoms with E-state index in [0.29, 0.717) is 5.49 Å².